The molecule has 0 saturated heterocycles. The van der Waals surface area contributed by atoms with Crippen LogP contribution in [0.1, 0.15) is 45.2 Å². The molecule has 1 aromatic carbocycles. The lowest BCUT2D eigenvalue weighted by molar-refractivity contribution is -0.139. The fourth-order valence-corrected chi connectivity index (χ4v) is 2.72. The molecule has 0 radical (unpaired) electrons. The Morgan fingerprint density at radius 3 is 2.50 bits per heavy atom. The number of amides is 1. The number of nitrogens with zero attached hydrogens (tertiary/aromatic N) is 1. The number of rotatable bonds is 8. The number of carbonyl (C=O) groups excluding carboxylic acids is 1. The second kappa shape index (κ2) is 8.17. The number of aliphatic carboxylic acids is 1. The van der Waals surface area contributed by atoms with Crippen molar-refractivity contribution in [1.82, 2.24) is 10.3 Å². The molecule has 1 unspecified atom stereocenters. The molecule has 2 rings (SSSR count). The Morgan fingerprint density at radius 2 is 1.92 bits per heavy atom. The third-order valence-electron chi connectivity index (χ3n) is 4.66. The van der Waals surface area contributed by atoms with Gasteiger partial charge in [-0.05, 0) is 19.8 Å². The highest BCUT2D eigenvalue weighted by molar-refractivity contribution is 5.78. The van der Waals surface area contributed by atoms with E-state index in [-0.39, 0.29) is 24.7 Å². The van der Waals surface area contributed by atoms with Crippen molar-refractivity contribution >= 4 is 11.9 Å². The predicted octanol–water partition coefficient (Wildman–Crippen LogP) is 3.59. The van der Waals surface area contributed by atoms with E-state index in [1.54, 1.807) is 6.92 Å². The molecular formula is C20H26N2O4. The van der Waals surface area contributed by atoms with Crippen molar-refractivity contribution in [2.24, 2.45) is 5.92 Å². The molecule has 0 bridgehead atoms. The molecule has 0 spiro atoms. The molecular weight excluding hydrogens is 332 g/mol. The Bertz CT molecular complexity index is 767. The zero-order chi connectivity index (χ0) is 19.3. The second-order valence-electron chi connectivity index (χ2n) is 7.08. The van der Waals surface area contributed by atoms with Crippen LogP contribution in [0.2, 0.25) is 0 Å². The highest BCUT2D eigenvalue weighted by atomic mass is 16.4. The Morgan fingerprint density at radius 1 is 1.27 bits per heavy atom. The van der Waals surface area contributed by atoms with Crippen LogP contribution in [0.15, 0.2) is 34.7 Å². The number of carboxylic acids is 1. The number of benzene rings is 1. The SMILES string of the molecule is Cc1nc(CCC(=O)NC(C)(CC(=O)O)C(C)C)oc1-c1ccccc1. The van der Waals surface area contributed by atoms with Crippen molar-refractivity contribution < 1.29 is 19.1 Å². The van der Waals surface area contributed by atoms with Gasteiger partial charge in [0.1, 0.15) is 0 Å². The Labute approximate surface area is 153 Å². The van der Waals surface area contributed by atoms with E-state index < -0.39 is 11.5 Å². The summed E-state index contributed by atoms with van der Waals surface area (Å²) in [6.45, 7) is 7.42. The van der Waals surface area contributed by atoms with Crippen LogP contribution in [0.5, 0.6) is 0 Å². The molecule has 1 aromatic heterocycles. The standard InChI is InChI=1S/C20H26N2O4/c1-13(2)20(4,12-18(24)25)22-16(23)10-11-17-21-14(3)19(26-17)15-8-6-5-7-9-15/h5-9,13H,10-12H2,1-4H3,(H,22,23)(H,24,25). The average molecular weight is 358 g/mol. The van der Waals surface area contributed by atoms with E-state index in [4.69, 9.17) is 9.52 Å². The summed E-state index contributed by atoms with van der Waals surface area (Å²) in [7, 11) is 0. The molecule has 2 N–H and O–H groups in total. The zero-order valence-corrected chi connectivity index (χ0v) is 15.7. The minimum atomic E-state index is -0.933. The maximum absolute atomic E-state index is 12.3. The molecule has 1 amide bonds. The second-order valence-corrected chi connectivity index (χ2v) is 7.08. The lowest BCUT2D eigenvalue weighted by Crippen LogP contribution is -2.51. The first-order valence-corrected chi connectivity index (χ1v) is 8.76. The molecule has 1 heterocycles. The molecule has 6 heteroatoms. The quantitative estimate of drug-likeness (QED) is 0.752. The number of oxazole rings is 1. The smallest absolute Gasteiger partial charge is 0.305 e. The third-order valence-corrected chi connectivity index (χ3v) is 4.66. The van der Waals surface area contributed by atoms with Crippen LogP contribution in [-0.2, 0) is 16.0 Å². The van der Waals surface area contributed by atoms with Gasteiger partial charge in [-0.1, -0.05) is 44.2 Å². The van der Waals surface area contributed by atoms with E-state index in [1.807, 2.05) is 51.1 Å². The van der Waals surface area contributed by atoms with Crippen molar-refractivity contribution in [3.8, 4) is 11.3 Å². The topological polar surface area (TPSA) is 92.4 Å². The first-order valence-electron chi connectivity index (χ1n) is 8.76. The summed E-state index contributed by atoms with van der Waals surface area (Å²) in [6, 6.07) is 9.69. The highest BCUT2D eigenvalue weighted by Crippen LogP contribution is 2.25. The molecule has 0 fully saturated rings. The van der Waals surface area contributed by atoms with Crippen molar-refractivity contribution in [2.75, 3.05) is 0 Å². The van der Waals surface area contributed by atoms with E-state index in [0.29, 0.717) is 18.1 Å². The molecule has 0 saturated carbocycles. The third kappa shape index (κ3) is 4.94. The number of aromatic nitrogens is 1. The molecule has 6 nitrogen and oxygen atoms in total. The lowest BCUT2D eigenvalue weighted by Gasteiger charge is -2.33. The Kier molecular flexibility index (Phi) is 6.18. The number of hydrogen-bond acceptors (Lipinski definition) is 4. The number of carbonyl (C=O) groups is 2. The van der Waals surface area contributed by atoms with Crippen LogP contribution >= 0.6 is 0 Å². The van der Waals surface area contributed by atoms with Crippen molar-refractivity contribution in [3.05, 3.63) is 41.9 Å². The Hall–Kier alpha value is -2.63. The summed E-state index contributed by atoms with van der Waals surface area (Å²) >= 11 is 0. The van der Waals surface area contributed by atoms with Gasteiger partial charge >= 0.3 is 5.97 Å². The molecule has 140 valence electrons. The summed E-state index contributed by atoms with van der Waals surface area (Å²) in [5, 5.41) is 11.9. The van der Waals surface area contributed by atoms with Crippen molar-refractivity contribution in [2.45, 2.75) is 52.5 Å². The van der Waals surface area contributed by atoms with Crippen LogP contribution in [-0.4, -0.2) is 27.5 Å². The van der Waals surface area contributed by atoms with Crippen molar-refractivity contribution in [3.63, 3.8) is 0 Å². The number of aryl methyl sites for hydroxylation is 2. The molecule has 0 aliphatic heterocycles. The number of carboxylic acid groups (broad SMARTS) is 1. The number of nitrogens with one attached hydrogen (secondary N) is 1. The van der Waals surface area contributed by atoms with E-state index >= 15 is 0 Å². The summed E-state index contributed by atoms with van der Waals surface area (Å²) in [6.07, 6.45) is 0.434. The van der Waals surface area contributed by atoms with Crippen LogP contribution < -0.4 is 5.32 Å². The lowest BCUT2D eigenvalue weighted by atomic mass is 9.85. The highest BCUT2D eigenvalue weighted by Gasteiger charge is 2.32. The first kappa shape index (κ1) is 19.7. The fourth-order valence-electron chi connectivity index (χ4n) is 2.72. The van der Waals surface area contributed by atoms with Gasteiger partial charge in [0, 0.05) is 23.9 Å². The summed E-state index contributed by atoms with van der Waals surface area (Å²) in [5.41, 5.74) is 0.941. The zero-order valence-electron chi connectivity index (χ0n) is 15.7. The molecule has 1 atom stereocenters. The first-order chi connectivity index (χ1) is 12.2. The van der Waals surface area contributed by atoms with Gasteiger partial charge in [-0.15, -0.1) is 0 Å². The van der Waals surface area contributed by atoms with E-state index in [1.165, 1.54) is 0 Å². The molecule has 0 aliphatic rings. The summed E-state index contributed by atoms with van der Waals surface area (Å²) in [5.74, 6) is 0.0630. The molecule has 26 heavy (non-hydrogen) atoms. The minimum absolute atomic E-state index is 0.00350. The van der Waals surface area contributed by atoms with Crippen LogP contribution in [0, 0.1) is 12.8 Å². The van der Waals surface area contributed by atoms with Crippen LogP contribution in [0.25, 0.3) is 11.3 Å². The predicted molar refractivity (Wildman–Crippen MR) is 98.6 cm³/mol. The minimum Gasteiger partial charge on any atom is -0.481 e. The normalized spacial score (nSPS) is 13.4. The van der Waals surface area contributed by atoms with Gasteiger partial charge in [-0.2, -0.15) is 0 Å². The largest absolute Gasteiger partial charge is 0.481 e. The molecule has 2 aromatic rings. The maximum Gasteiger partial charge on any atom is 0.305 e. The summed E-state index contributed by atoms with van der Waals surface area (Å²) < 4.78 is 5.81. The van der Waals surface area contributed by atoms with E-state index in [9.17, 15) is 9.59 Å². The van der Waals surface area contributed by atoms with Gasteiger partial charge in [0.15, 0.2) is 11.7 Å². The van der Waals surface area contributed by atoms with Gasteiger partial charge in [0.25, 0.3) is 0 Å². The summed E-state index contributed by atoms with van der Waals surface area (Å²) in [4.78, 5) is 27.8. The van der Waals surface area contributed by atoms with Gasteiger partial charge in [0.05, 0.1) is 12.1 Å². The average Bonchev–Trinajstić information content (AvgIpc) is 2.94. The number of hydrogen-bond donors (Lipinski definition) is 2. The van der Waals surface area contributed by atoms with E-state index in [0.717, 1.165) is 11.3 Å². The monoisotopic (exact) mass is 358 g/mol. The van der Waals surface area contributed by atoms with Gasteiger partial charge in [-0.25, -0.2) is 4.98 Å². The van der Waals surface area contributed by atoms with E-state index in [2.05, 4.69) is 10.3 Å². The van der Waals surface area contributed by atoms with Gasteiger partial charge in [-0.3, -0.25) is 9.59 Å². The van der Waals surface area contributed by atoms with Crippen molar-refractivity contribution in [1.29, 1.82) is 0 Å². The maximum atomic E-state index is 12.3. The van der Waals surface area contributed by atoms with Gasteiger partial charge in [0.2, 0.25) is 5.91 Å². The van der Waals surface area contributed by atoms with Crippen LogP contribution in [0.3, 0.4) is 0 Å². The van der Waals surface area contributed by atoms with Gasteiger partial charge < -0.3 is 14.8 Å². The fraction of sp³-hybridized carbons (Fsp3) is 0.450. The van der Waals surface area contributed by atoms with Crippen LogP contribution in [0.4, 0.5) is 0 Å². The Balaban J connectivity index is 2.00. The molecule has 0 aliphatic carbocycles.